The number of pyridine rings is 2. The smallest absolute Gasteiger partial charge is 0.457 e. The van der Waals surface area contributed by atoms with E-state index in [0.29, 0.717) is 57.3 Å². The Morgan fingerprint density at radius 2 is 1.79 bits per heavy atom. The average molecular weight is 756 g/mol. The van der Waals surface area contributed by atoms with Gasteiger partial charge in [0.25, 0.3) is 5.56 Å². The van der Waals surface area contributed by atoms with Crippen LogP contribution in [-0.2, 0) is 56.8 Å². The van der Waals surface area contributed by atoms with E-state index in [9.17, 15) is 19.2 Å². The number of ether oxygens (including phenoxy) is 6. The van der Waals surface area contributed by atoms with Crippen LogP contribution in [0.25, 0.3) is 22.3 Å². The predicted molar refractivity (Wildman–Crippen MR) is 197 cm³/mol. The van der Waals surface area contributed by atoms with E-state index in [0.717, 1.165) is 34.6 Å². The van der Waals surface area contributed by atoms with Gasteiger partial charge in [-0.15, -0.1) is 0 Å². The van der Waals surface area contributed by atoms with Crippen molar-refractivity contribution in [3.63, 3.8) is 0 Å². The summed E-state index contributed by atoms with van der Waals surface area (Å²) in [6, 6.07) is 11.4. The minimum Gasteiger partial charge on any atom is -0.457 e. The third kappa shape index (κ3) is 9.11. The summed E-state index contributed by atoms with van der Waals surface area (Å²) < 4.78 is 34.4. The molecule has 1 aromatic carbocycles. The van der Waals surface area contributed by atoms with Gasteiger partial charge >= 0.3 is 12.1 Å². The van der Waals surface area contributed by atoms with Crippen LogP contribution >= 0.6 is 21.6 Å². The third-order valence-electron chi connectivity index (χ3n) is 9.31. The van der Waals surface area contributed by atoms with Crippen LogP contribution in [0.15, 0.2) is 41.2 Å². The number of amides is 1. The predicted octanol–water partition coefficient (Wildman–Crippen LogP) is 5.12. The fraction of sp³-hybridized carbons (Fsp3) is 0.541. The minimum absolute atomic E-state index is 0.0280. The van der Waals surface area contributed by atoms with Crippen LogP contribution in [0, 0.1) is 0 Å². The first-order chi connectivity index (χ1) is 25.4. The third-order valence-corrected chi connectivity index (χ3v) is 12.3. The van der Waals surface area contributed by atoms with E-state index in [1.54, 1.807) is 17.6 Å². The highest BCUT2D eigenvalue weighted by atomic mass is 33.1. The van der Waals surface area contributed by atoms with Crippen LogP contribution in [-0.4, -0.2) is 91.4 Å². The van der Waals surface area contributed by atoms with Gasteiger partial charge in [-0.2, -0.15) is 0 Å². The summed E-state index contributed by atoms with van der Waals surface area (Å²) in [4.78, 5) is 56.5. The number of cyclic esters (lactones) is 1. The lowest BCUT2D eigenvalue weighted by Gasteiger charge is -2.35. The summed E-state index contributed by atoms with van der Waals surface area (Å²) in [5.74, 6) is 0.535. The van der Waals surface area contributed by atoms with Crippen molar-refractivity contribution in [2.24, 2.45) is 0 Å². The molecule has 52 heavy (non-hydrogen) atoms. The quantitative estimate of drug-likeness (QED) is 0.0766. The Morgan fingerprint density at radius 3 is 2.56 bits per heavy atom. The molecule has 1 amide bonds. The molecule has 3 aliphatic heterocycles. The number of esters is 1. The van der Waals surface area contributed by atoms with Crippen LogP contribution in [0.3, 0.4) is 0 Å². The molecule has 3 aliphatic rings. The van der Waals surface area contributed by atoms with Crippen LogP contribution in [0.1, 0.15) is 62.1 Å². The maximum absolute atomic E-state index is 13.7. The van der Waals surface area contributed by atoms with Crippen LogP contribution < -0.4 is 10.9 Å². The molecule has 13 nitrogen and oxygen atoms in total. The second-order valence-corrected chi connectivity index (χ2v) is 15.5. The fourth-order valence-electron chi connectivity index (χ4n) is 6.55. The number of nitrogens with one attached hydrogen (secondary N) is 1. The standard InChI is InChI=1S/C37H45N3O10S2/c1-2-37(29-22-31-33-26(21-25-7-3-5-9-30(25)39-33)23-40(31)34(42)28(29)24-49-35(37)43)50-36(44)48-19-18-47-17-16-46-15-14-45-13-12-38-32(41)10-6-4-8-27-11-20-51-52-27/h3,5,7,9,21-22,27H,2,4,6,8,10-20,23-24H2,1H3,(H,38,41). The molecule has 1 N–H and O–H groups in total. The van der Waals surface area contributed by atoms with Crippen molar-refractivity contribution >= 4 is 50.5 Å². The minimum atomic E-state index is -1.85. The summed E-state index contributed by atoms with van der Waals surface area (Å²) in [6.45, 7) is 3.99. The highest BCUT2D eigenvalue weighted by molar-refractivity contribution is 8.77. The maximum Gasteiger partial charge on any atom is 0.509 e. The largest absolute Gasteiger partial charge is 0.509 e. The molecule has 5 heterocycles. The van der Waals surface area contributed by atoms with E-state index in [4.69, 9.17) is 33.4 Å². The first-order valence-corrected chi connectivity index (χ1v) is 20.2. The fourth-order valence-corrected chi connectivity index (χ4v) is 9.58. The van der Waals surface area contributed by atoms with Crippen molar-refractivity contribution in [1.82, 2.24) is 14.9 Å². The number of hydrogen-bond acceptors (Lipinski definition) is 13. The van der Waals surface area contributed by atoms with Gasteiger partial charge in [0.2, 0.25) is 11.5 Å². The molecule has 0 spiro atoms. The van der Waals surface area contributed by atoms with Gasteiger partial charge in [-0.25, -0.2) is 14.6 Å². The molecule has 2 unspecified atom stereocenters. The van der Waals surface area contributed by atoms with E-state index in [-0.39, 0.29) is 55.4 Å². The second-order valence-electron chi connectivity index (χ2n) is 12.7. The second kappa shape index (κ2) is 18.4. The number of benzene rings is 1. The number of carbonyl (C=O) groups is 3. The topological polar surface area (TPSA) is 154 Å². The molecule has 0 bridgehead atoms. The molecule has 3 aromatic rings. The van der Waals surface area contributed by atoms with Gasteiger partial charge < -0.3 is 38.3 Å². The van der Waals surface area contributed by atoms with Crippen molar-refractivity contribution in [3.05, 3.63) is 63.4 Å². The molecule has 2 aromatic heterocycles. The van der Waals surface area contributed by atoms with Gasteiger partial charge in [0.05, 0.1) is 68.7 Å². The Morgan fingerprint density at radius 1 is 1.02 bits per heavy atom. The molecule has 0 saturated carbocycles. The molecule has 0 radical (unpaired) electrons. The first-order valence-electron chi connectivity index (χ1n) is 17.9. The zero-order valence-electron chi connectivity index (χ0n) is 29.4. The Balaban J connectivity index is 0.874. The molecular formula is C37H45N3O10S2. The first kappa shape index (κ1) is 38.1. The number of nitrogens with zero attached hydrogens (tertiary/aromatic N) is 2. The van der Waals surface area contributed by atoms with Gasteiger partial charge in [-0.1, -0.05) is 53.1 Å². The Labute approximate surface area is 310 Å². The number of carbonyl (C=O) groups excluding carboxylic acids is 3. The Bertz CT molecular complexity index is 1800. The monoisotopic (exact) mass is 755 g/mol. The maximum atomic E-state index is 13.7. The summed E-state index contributed by atoms with van der Waals surface area (Å²) in [7, 11) is 3.93. The molecule has 2 atom stereocenters. The van der Waals surface area contributed by atoms with E-state index >= 15 is 0 Å². The van der Waals surface area contributed by atoms with Gasteiger partial charge in [0.1, 0.15) is 13.2 Å². The number of unbranched alkanes of at least 4 members (excludes halogenated alkanes) is 1. The van der Waals surface area contributed by atoms with Crippen molar-refractivity contribution in [2.45, 2.75) is 69.5 Å². The Kier molecular flexibility index (Phi) is 13.5. The molecular weight excluding hydrogens is 711 g/mol. The molecule has 15 heteroatoms. The van der Waals surface area contributed by atoms with Crippen LogP contribution in [0.2, 0.25) is 0 Å². The summed E-state index contributed by atoms with van der Waals surface area (Å²) >= 11 is 0. The number of hydrogen-bond donors (Lipinski definition) is 1. The van der Waals surface area contributed by atoms with E-state index < -0.39 is 17.7 Å². The summed E-state index contributed by atoms with van der Waals surface area (Å²) in [5, 5.41) is 4.60. The lowest BCUT2D eigenvalue weighted by atomic mass is 9.85. The van der Waals surface area contributed by atoms with Crippen LogP contribution in [0.4, 0.5) is 4.79 Å². The number of para-hydroxylation sites is 1. The van der Waals surface area contributed by atoms with E-state index in [1.165, 1.54) is 18.6 Å². The van der Waals surface area contributed by atoms with Gasteiger partial charge in [0.15, 0.2) is 0 Å². The molecule has 1 saturated heterocycles. The SMILES string of the molecule is CCC1(OC(=O)OCCOCCOCCOCCNC(=O)CCCCC2CCSS2)C(=O)OCc2c1cc1n(c2=O)Cc2cc3ccccc3nc2-1. The van der Waals surface area contributed by atoms with Crippen molar-refractivity contribution in [3.8, 4) is 11.4 Å². The highest BCUT2D eigenvalue weighted by Gasteiger charge is 2.51. The zero-order valence-corrected chi connectivity index (χ0v) is 31.0. The van der Waals surface area contributed by atoms with Gasteiger partial charge in [0, 0.05) is 40.5 Å². The van der Waals surface area contributed by atoms with Crippen molar-refractivity contribution < 1.29 is 42.8 Å². The highest BCUT2D eigenvalue weighted by Crippen LogP contribution is 2.41. The van der Waals surface area contributed by atoms with Gasteiger partial charge in [-0.05, 0) is 43.9 Å². The summed E-state index contributed by atoms with van der Waals surface area (Å²) in [5.41, 5.74) is 1.23. The lowest BCUT2D eigenvalue weighted by Crippen LogP contribution is -2.47. The zero-order chi connectivity index (χ0) is 36.3. The van der Waals surface area contributed by atoms with Crippen molar-refractivity contribution in [1.29, 1.82) is 0 Å². The molecule has 280 valence electrons. The number of rotatable bonds is 19. The number of fused-ring (bicyclic) bond motifs is 5. The molecule has 6 rings (SSSR count). The normalized spacial score (nSPS) is 18.8. The average Bonchev–Trinajstić information content (AvgIpc) is 3.80. The van der Waals surface area contributed by atoms with Crippen molar-refractivity contribution in [2.75, 3.05) is 58.5 Å². The number of aromatic nitrogens is 2. The van der Waals surface area contributed by atoms with E-state index in [2.05, 4.69) is 5.32 Å². The molecule has 0 aliphatic carbocycles. The Hall–Kier alpha value is -3.63. The molecule has 1 fully saturated rings. The van der Waals surface area contributed by atoms with Crippen LogP contribution in [0.5, 0.6) is 0 Å². The van der Waals surface area contributed by atoms with E-state index in [1.807, 2.05) is 51.9 Å². The summed E-state index contributed by atoms with van der Waals surface area (Å²) in [6.07, 6.45) is 3.98. The van der Waals surface area contributed by atoms with Gasteiger partial charge in [-0.3, -0.25) is 9.59 Å². The lowest BCUT2D eigenvalue weighted by molar-refractivity contribution is -0.175.